The van der Waals surface area contributed by atoms with Crippen LogP contribution in [0.4, 0.5) is 5.95 Å². The van der Waals surface area contributed by atoms with Gasteiger partial charge in [-0.15, -0.1) is 5.10 Å². The minimum absolute atomic E-state index is 0.677. The zero-order chi connectivity index (χ0) is 17.8. The van der Waals surface area contributed by atoms with E-state index in [0.717, 1.165) is 47.5 Å². The quantitative estimate of drug-likeness (QED) is 0.375. The van der Waals surface area contributed by atoms with Crippen molar-refractivity contribution in [2.24, 2.45) is 0 Å². The summed E-state index contributed by atoms with van der Waals surface area (Å²) < 4.78 is 2.09. The Labute approximate surface area is 151 Å². The Balaban J connectivity index is 1.97. The summed E-state index contributed by atoms with van der Waals surface area (Å²) >= 11 is 1.52. The Hall–Kier alpha value is -2.26. The summed E-state index contributed by atoms with van der Waals surface area (Å²) in [7, 11) is 4.10. The first-order valence-electron chi connectivity index (χ1n) is 8.17. The van der Waals surface area contributed by atoms with Gasteiger partial charge < -0.3 is 4.90 Å². The fourth-order valence-electron chi connectivity index (χ4n) is 2.48. The van der Waals surface area contributed by atoms with Crippen molar-refractivity contribution in [3.05, 3.63) is 18.5 Å². The molecule has 0 fully saturated rings. The largest absolute Gasteiger partial charge is 0.393 e. The number of aromatic amines is 1. The third-order valence-corrected chi connectivity index (χ3v) is 4.37. The van der Waals surface area contributed by atoms with Crippen LogP contribution in [0.1, 0.15) is 6.92 Å². The van der Waals surface area contributed by atoms with Crippen LogP contribution in [-0.4, -0.2) is 63.5 Å². The Morgan fingerprint density at radius 3 is 2.88 bits per heavy atom. The zero-order valence-corrected chi connectivity index (χ0v) is 15.8. The van der Waals surface area contributed by atoms with E-state index < -0.39 is 0 Å². The average molecular weight is 359 g/mol. The standard InChI is InChI=1S/C16H22N8S/c1-5-24-10-11-13(12-6-7-18-16(19-12)25-4)21-22-14(11)20-15(24)17-8-9-23(2)3/h6-7,10H,5,8-9H2,1-4H3,(H,17,18,19,20,22)/p+1. The number of anilines is 1. The number of H-pyrrole nitrogens is 1. The molecule has 0 aromatic carbocycles. The second kappa shape index (κ2) is 7.75. The monoisotopic (exact) mass is 359 g/mol. The molecule has 132 valence electrons. The summed E-state index contributed by atoms with van der Waals surface area (Å²) in [5, 5.41) is 12.5. The van der Waals surface area contributed by atoms with E-state index in [1.165, 1.54) is 11.8 Å². The molecule has 0 amide bonds. The van der Waals surface area contributed by atoms with Gasteiger partial charge in [-0.25, -0.2) is 14.5 Å². The maximum absolute atomic E-state index is 4.67. The molecule has 0 saturated heterocycles. The third kappa shape index (κ3) is 3.88. The fraction of sp³-hybridized carbons (Fsp3) is 0.438. The number of nitrogens with zero attached hydrogens (tertiary/aromatic N) is 6. The van der Waals surface area contributed by atoms with Gasteiger partial charge in [-0.2, -0.15) is 0 Å². The molecule has 0 radical (unpaired) electrons. The molecular formula is C16H23N8S+. The lowest BCUT2D eigenvalue weighted by atomic mass is 10.2. The van der Waals surface area contributed by atoms with E-state index >= 15 is 0 Å². The summed E-state index contributed by atoms with van der Waals surface area (Å²) in [5.41, 5.74) is 2.36. The van der Waals surface area contributed by atoms with Crippen molar-refractivity contribution in [3.8, 4) is 11.4 Å². The number of aryl methyl sites for hydroxylation is 1. The number of aromatic nitrogens is 6. The normalized spacial score (nSPS) is 11.4. The van der Waals surface area contributed by atoms with Gasteiger partial charge in [0.15, 0.2) is 5.16 Å². The topological polar surface area (TPSA) is 86.5 Å². The molecule has 0 aliphatic rings. The first-order valence-corrected chi connectivity index (χ1v) is 9.39. The van der Waals surface area contributed by atoms with Crippen LogP contribution < -0.4 is 9.88 Å². The van der Waals surface area contributed by atoms with E-state index in [1.807, 2.05) is 12.3 Å². The molecule has 3 heterocycles. The molecule has 3 aromatic rings. The molecule has 0 spiro atoms. The summed E-state index contributed by atoms with van der Waals surface area (Å²) in [6, 6.07) is 1.88. The van der Waals surface area contributed by atoms with Gasteiger partial charge in [0.25, 0.3) is 5.65 Å². The van der Waals surface area contributed by atoms with E-state index in [1.54, 1.807) is 6.20 Å². The summed E-state index contributed by atoms with van der Waals surface area (Å²) in [5.74, 6) is 0.822. The molecule has 0 bridgehead atoms. The molecule has 3 aromatic heterocycles. The maximum Gasteiger partial charge on any atom is 0.393 e. The van der Waals surface area contributed by atoms with Gasteiger partial charge >= 0.3 is 5.95 Å². The number of rotatable bonds is 7. The number of likely N-dealkylation sites (N-methyl/N-ethyl adjacent to an activating group) is 1. The smallest absolute Gasteiger partial charge is 0.306 e. The number of fused-ring (bicyclic) bond motifs is 1. The lowest BCUT2D eigenvalue weighted by Gasteiger charge is -2.09. The van der Waals surface area contributed by atoms with Crippen LogP contribution in [-0.2, 0) is 6.54 Å². The van der Waals surface area contributed by atoms with E-state index in [4.69, 9.17) is 0 Å². The second-order valence-corrected chi connectivity index (χ2v) is 6.62. The SMILES string of the molecule is CC[n+]1cc2c(-c3ccnc(SC)n3)[nH]nc2nc1NCCN(C)C. The Morgan fingerprint density at radius 2 is 2.16 bits per heavy atom. The highest BCUT2D eigenvalue weighted by atomic mass is 32.2. The molecule has 9 heteroatoms. The van der Waals surface area contributed by atoms with Gasteiger partial charge in [0.1, 0.15) is 0 Å². The van der Waals surface area contributed by atoms with Crippen LogP contribution in [0, 0.1) is 0 Å². The lowest BCUT2D eigenvalue weighted by molar-refractivity contribution is -0.680. The lowest BCUT2D eigenvalue weighted by Crippen LogP contribution is -2.38. The number of nitrogens with one attached hydrogen (secondary N) is 2. The predicted molar refractivity (Wildman–Crippen MR) is 99.6 cm³/mol. The Morgan fingerprint density at radius 1 is 1.32 bits per heavy atom. The molecule has 0 saturated carbocycles. The highest BCUT2D eigenvalue weighted by Gasteiger charge is 2.19. The van der Waals surface area contributed by atoms with Gasteiger partial charge in [-0.3, -0.25) is 10.4 Å². The molecule has 2 N–H and O–H groups in total. The van der Waals surface area contributed by atoms with Crippen LogP contribution in [0.25, 0.3) is 22.4 Å². The first kappa shape index (κ1) is 17.6. The van der Waals surface area contributed by atoms with Crippen LogP contribution >= 0.6 is 11.8 Å². The Bertz CT molecular complexity index is 860. The van der Waals surface area contributed by atoms with Crippen molar-refractivity contribution in [3.63, 3.8) is 0 Å². The van der Waals surface area contributed by atoms with E-state index in [2.05, 4.69) is 67.1 Å². The van der Waals surface area contributed by atoms with Gasteiger partial charge in [0, 0.05) is 12.7 Å². The zero-order valence-electron chi connectivity index (χ0n) is 14.9. The van der Waals surface area contributed by atoms with Crippen molar-refractivity contribution in [2.75, 3.05) is 38.8 Å². The van der Waals surface area contributed by atoms with Crippen LogP contribution in [0.5, 0.6) is 0 Å². The van der Waals surface area contributed by atoms with Crippen LogP contribution in [0.3, 0.4) is 0 Å². The van der Waals surface area contributed by atoms with Crippen LogP contribution in [0.2, 0.25) is 0 Å². The van der Waals surface area contributed by atoms with Crippen molar-refractivity contribution in [1.82, 2.24) is 30.0 Å². The molecule has 0 unspecified atom stereocenters. The van der Waals surface area contributed by atoms with Crippen molar-refractivity contribution in [1.29, 1.82) is 0 Å². The van der Waals surface area contributed by atoms with Crippen molar-refractivity contribution >= 4 is 28.7 Å². The van der Waals surface area contributed by atoms with E-state index in [-0.39, 0.29) is 0 Å². The molecule has 0 aliphatic carbocycles. The van der Waals surface area contributed by atoms with Gasteiger partial charge in [0.2, 0.25) is 0 Å². The van der Waals surface area contributed by atoms with E-state index in [0.29, 0.717) is 5.65 Å². The molecule has 0 atom stereocenters. The van der Waals surface area contributed by atoms with Gasteiger partial charge in [-0.05, 0) is 38.3 Å². The minimum Gasteiger partial charge on any atom is -0.306 e. The molecule has 0 aliphatic heterocycles. The number of hydrogen-bond acceptors (Lipinski definition) is 7. The molecular weight excluding hydrogens is 336 g/mol. The summed E-state index contributed by atoms with van der Waals surface area (Å²) in [6.45, 7) is 4.68. The maximum atomic E-state index is 4.67. The molecule has 25 heavy (non-hydrogen) atoms. The average Bonchev–Trinajstić information content (AvgIpc) is 3.03. The first-order chi connectivity index (χ1) is 12.1. The third-order valence-electron chi connectivity index (χ3n) is 3.81. The Kier molecular flexibility index (Phi) is 5.44. The second-order valence-electron chi connectivity index (χ2n) is 5.85. The van der Waals surface area contributed by atoms with Gasteiger partial charge in [-0.1, -0.05) is 11.8 Å². The van der Waals surface area contributed by atoms with E-state index in [9.17, 15) is 0 Å². The summed E-state index contributed by atoms with van der Waals surface area (Å²) in [6.07, 6.45) is 5.79. The van der Waals surface area contributed by atoms with Gasteiger partial charge in [0.05, 0.1) is 36.1 Å². The highest BCUT2D eigenvalue weighted by molar-refractivity contribution is 7.98. The number of hydrogen-bond donors (Lipinski definition) is 2. The molecule has 8 nitrogen and oxygen atoms in total. The minimum atomic E-state index is 0.677. The predicted octanol–water partition coefficient (Wildman–Crippen LogP) is 1.42. The fourth-order valence-corrected chi connectivity index (χ4v) is 2.83. The highest BCUT2D eigenvalue weighted by Crippen LogP contribution is 2.24. The van der Waals surface area contributed by atoms with Crippen LogP contribution in [0.15, 0.2) is 23.6 Å². The number of thioether (sulfide) groups is 1. The van der Waals surface area contributed by atoms with Crippen molar-refractivity contribution < 1.29 is 4.57 Å². The summed E-state index contributed by atoms with van der Waals surface area (Å²) in [4.78, 5) is 15.6. The molecule has 3 rings (SSSR count). The van der Waals surface area contributed by atoms with Crippen molar-refractivity contribution in [2.45, 2.75) is 18.6 Å².